The van der Waals surface area contributed by atoms with Crippen molar-refractivity contribution in [3.63, 3.8) is 0 Å². The molecule has 1 fully saturated rings. The monoisotopic (exact) mass is 483 g/mol. The number of pyridine rings is 1. The average Bonchev–Trinajstić information content (AvgIpc) is 2.86. The lowest BCUT2D eigenvalue weighted by Gasteiger charge is -2.15. The summed E-state index contributed by atoms with van der Waals surface area (Å²) >= 11 is 0. The molecule has 4 rings (SSSR count). The molecule has 2 N–H and O–H groups in total. The number of nitrogens with zero attached hydrogens (tertiary/aromatic N) is 2. The van der Waals surface area contributed by atoms with Crippen molar-refractivity contribution < 1.29 is 13.2 Å². The highest BCUT2D eigenvalue weighted by molar-refractivity contribution is 5.90. The summed E-state index contributed by atoms with van der Waals surface area (Å²) in [7, 11) is 0. The maximum absolute atomic E-state index is 12.5. The third-order valence-corrected chi connectivity index (χ3v) is 5.46. The highest BCUT2D eigenvalue weighted by Crippen LogP contribution is 2.32. The third kappa shape index (κ3) is 10.2. The molecule has 1 aliphatic carbocycles. The number of anilines is 1. The van der Waals surface area contributed by atoms with Crippen LogP contribution in [0.25, 0.3) is 17.0 Å². The van der Waals surface area contributed by atoms with Crippen LogP contribution in [-0.4, -0.2) is 4.98 Å². The molecule has 2 aromatic carbocycles. The van der Waals surface area contributed by atoms with Crippen molar-refractivity contribution in [2.45, 2.75) is 66.0 Å². The van der Waals surface area contributed by atoms with Crippen LogP contribution in [0.1, 0.15) is 75.3 Å². The van der Waals surface area contributed by atoms with Gasteiger partial charge < -0.3 is 5.73 Å². The minimum Gasteiger partial charge on any atom is -0.398 e. The molecule has 0 aliphatic heterocycles. The van der Waals surface area contributed by atoms with Crippen molar-refractivity contribution in [3.8, 4) is 6.07 Å². The van der Waals surface area contributed by atoms with Crippen molar-refractivity contribution in [1.82, 2.24) is 4.98 Å². The maximum atomic E-state index is 12.5. The zero-order valence-electron chi connectivity index (χ0n) is 21.1. The van der Waals surface area contributed by atoms with E-state index in [1.807, 2.05) is 39.0 Å². The van der Waals surface area contributed by atoms with E-state index in [1.54, 1.807) is 30.3 Å². The average molecular weight is 484 g/mol. The Labute approximate surface area is 207 Å². The van der Waals surface area contributed by atoms with E-state index in [-0.39, 0.29) is 11.2 Å². The van der Waals surface area contributed by atoms with E-state index in [2.05, 4.69) is 18.5 Å². The van der Waals surface area contributed by atoms with Crippen molar-refractivity contribution in [3.05, 3.63) is 77.5 Å². The van der Waals surface area contributed by atoms with E-state index in [1.165, 1.54) is 38.2 Å². The molecule has 0 amide bonds. The topological polar surface area (TPSA) is 62.7 Å². The molecule has 0 atom stereocenters. The Kier molecular flexibility index (Phi) is 12.6. The zero-order valence-corrected chi connectivity index (χ0v) is 21.1. The van der Waals surface area contributed by atoms with Crippen LogP contribution in [-0.2, 0) is 6.18 Å². The van der Waals surface area contributed by atoms with Gasteiger partial charge in [-0.05, 0) is 48.7 Å². The van der Waals surface area contributed by atoms with E-state index in [9.17, 15) is 13.2 Å². The Balaban J connectivity index is 0.000000276. The van der Waals surface area contributed by atoms with E-state index in [0.29, 0.717) is 10.9 Å². The molecule has 6 heteroatoms. The van der Waals surface area contributed by atoms with Crippen molar-refractivity contribution in [1.29, 1.82) is 5.26 Å². The molecule has 0 unspecified atom stereocenters. The van der Waals surface area contributed by atoms with Gasteiger partial charge in [-0.3, -0.25) is 0 Å². The first kappa shape index (κ1) is 29.7. The lowest BCUT2D eigenvalue weighted by atomic mass is 9.91. The predicted molar refractivity (Wildman–Crippen MR) is 141 cm³/mol. The predicted octanol–water partition coefficient (Wildman–Crippen LogP) is 8.96. The molecule has 1 heterocycles. The number of nitriles is 1. The lowest BCUT2D eigenvalue weighted by molar-refractivity contribution is -0.140. The van der Waals surface area contributed by atoms with Crippen LogP contribution >= 0.6 is 0 Å². The number of nitrogen functional groups attached to an aromatic ring is 1. The first-order valence-electron chi connectivity index (χ1n) is 12.0. The lowest BCUT2D eigenvalue weighted by Crippen LogP contribution is -2.09. The van der Waals surface area contributed by atoms with E-state index < -0.39 is 11.9 Å². The molecule has 188 valence electrons. The summed E-state index contributed by atoms with van der Waals surface area (Å²) < 4.78 is 37.4. The van der Waals surface area contributed by atoms with Gasteiger partial charge in [0.05, 0.1) is 17.1 Å². The molecule has 0 saturated heterocycles. The molecule has 1 aliphatic rings. The molecule has 3 nitrogen and oxygen atoms in total. The fourth-order valence-electron chi connectivity index (χ4n) is 3.51. The van der Waals surface area contributed by atoms with Gasteiger partial charge in [0.2, 0.25) is 0 Å². The van der Waals surface area contributed by atoms with Gasteiger partial charge >= 0.3 is 6.18 Å². The molecular weight excluding hydrogens is 447 g/mol. The SMILES string of the molecule is C=Cc1ccc(C#N)cc1.CC.CC1CCCCC1.Cc1ccc2nc(C(F)(F)F)cc(N)c2c1. The van der Waals surface area contributed by atoms with Crippen molar-refractivity contribution >= 4 is 22.7 Å². The molecule has 0 spiro atoms. The number of halogens is 3. The van der Waals surface area contributed by atoms with Gasteiger partial charge in [-0.25, -0.2) is 4.98 Å². The third-order valence-electron chi connectivity index (χ3n) is 5.46. The summed E-state index contributed by atoms with van der Waals surface area (Å²) in [5, 5.41) is 8.97. The summed E-state index contributed by atoms with van der Waals surface area (Å²) in [6, 6.07) is 15.2. The Morgan fingerprint density at radius 1 is 1.03 bits per heavy atom. The number of alkyl halides is 3. The fourth-order valence-corrected chi connectivity index (χ4v) is 3.51. The van der Waals surface area contributed by atoms with Crippen molar-refractivity contribution in [2.24, 2.45) is 5.92 Å². The Hall–Kier alpha value is -3.33. The Morgan fingerprint density at radius 2 is 1.63 bits per heavy atom. The minimum absolute atomic E-state index is 0.0982. The summed E-state index contributed by atoms with van der Waals surface area (Å²) in [5.74, 6) is 1.04. The first-order chi connectivity index (χ1) is 16.6. The van der Waals surface area contributed by atoms with Gasteiger partial charge in [-0.15, -0.1) is 0 Å². The number of aromatic nitrogens is 1. The van der Waals surface area contributed by atoms with E-state index in [4.69, 9.17) is 11.0 Å². The molecule has 0 radical (unpaired) electrons. The normalized spacial score (nSPS) is 13.1. The maximum Gasteiger partial charge on any atom is 0.433 e. The van der Waals surface area contributed by atoms with Gasteiger partial charge in [0.25, 0.3) is 0 Å². The van der Waals surface area contributed by atoms with Crippen molar-refractivity contribution in [2.75, 3.05) is 5.73 Å². The van der Waals surface area contributed by atoms with Gasteiger partial charge in [-0.1, -0.05) is 89.3 Å². The number of benzene rings is 2. The highest BCUT2D eigenvalue weighted by Gasteiger charge is 2.33. The second-order valence-corrected chi connectivity index (χ2v) is 8.30. The van der Waals surface area contributed by atoms with Gasteiger partial charge in [0.15, 0.2) is 0 Å². The van der Waals surface area contributed by atoms with E-state index in [0.717, 1.165) is 23.1 Å². The molecular formula is C29H36F3N3. The van der Waals surface area contributed by atoms with E-state index >= 15 is 0 Å². The van der Waals surface area contributed by atoms with Gasteiger partial charge in [0.1, 0.15) is 5.69 Å². The quantitative estimate of drug-likeness (QED) is 0.376. The first-order valence-corrected chi connectivity index (χ1v) is 12.0. The second kappa shape index (κ2) is 14.8. The van der Waals surface area contributed by atoms with Crippen LogP contribution in [0.15, 0.2) is 55.1 Å². The molecule has 1 saturated carbocycles. The summed E-state index contributed by atoms with van der Waals surface area (Å²) in [4.78, 5) is 3.54. The van der Waals surface area contributed by atoms with Crippen LogP contribution in [0.3, 0.4) is 0 Å². The van der Waals surface area contributed by atoms with Crippen LogP contribution in [0.5, 0.6) is 0 Å². The molecule has 3 aromatic rings. The molecule has 35 heavy (non-hydrogen) atoms. The van der Waals surface area contributed by atoms with Gasteiger partial charge in [-0.2, -0.15) is 18.4 Å². The van der Waals surface area contributed by atoms with Crippen LogP contribution in [0, 0.1) is 24.2 Å². The summed E-state index contributed by atoms with van der Waals surface area (Å²) in [6.07, 6.45) is 4.72. The standard InChI is InChI=1S/C11H9F3N2.C9H7N.C7H14.C2H6/c1-6-2-3-9-7(4-6)8(15)5-10(16-9)11(12,13)14;1-2-8-3-5-9(7-10)6-4-8;1-7-5-3-2-4-6-7;1-2/h2-5H,1H3,(H2,15,16);2-6H,1H2;7H,2-6H2,1H3;1-2H3. The fraction of sp³-hybridized carbons (Fsp3) is 0.379. The van der Waals surface area contributed by atoms with Crippen LogP contribution in [0.4, 0.5) is 18.9 Å². The summed E-state index contributed by atoms with van der Waals surface area (Å²) in [5.41, 5.74) is 7.64. The van der Waals surface area contributed by atoms with Crippen LogP contribution in [0.2, 0.25) is 0 Å². The Morgan fingerprint density at radius 3 is 2.09 bits per heavy atom. The molecule has 0 bridgehead atoms. The molecule has 1 aromatic heterocycles. The highest BCUT2D eigenvalue weighted by atomic mass is 19.4. The van der Waals surface area contributed by atoms with Crippen LogP contribution < -0.4 is 5.73 Å². The zero-order chi connectivity index (χ0) is 26.4. The second-order valence-electron chi connectivity index (χ2n) is 8.30. The van der Waals surface area contributed by atoms with Gasteiger partial charge in [0, 0.05) is 11.1 Å². The smallest absolute Gasteiger partial charge is 0.398 e. The Bertz CT molecular complexity index is 1090. The number of hydrogen-bond donors (Lipinski definition) is 1. The number of nitrogens with two attached hydrogens (primary N) is 1. The number of aryl methyl sites for hydroxylation is 1. The number of rotatable bonds is 1. The summed E-state index contributed by atoms with van der Waals surface area (Å²) in [6.45, 7) is 11.8. The largest absolute Gasteiger partial charge is 0.433 e. The minimum atomic E-state index is -4.47. The number of fused-ring (bicyclic) bond motifs is 1. The number of hydrogen-bond acceptors (Lipinski definition) is 3.